The molecule has 0 spiro atoms. The highest BCUT2D eigenvalue weighted by atomic mass is 32.1. The number of amides is 1. The molecular formula is C26H35N3O3S. The van der Waals surface area contributed by atoms with Gasteiger partial charge in [0.2, 0.25) is 5.91 Å². The van der Waals surface area contributed by atoms with Gasteiger partial charge in [-0.3, -0.25) is 14.6 Å². The molecule has 4 rings (SSSR count). The van der Waals surface area contributed by atoms with E-state index in [2.05, 4.69) is 46.3 Å². The van der Waals surface area contributed by atoms with Crippen LogP contribution in [0.15, 0.2) is 24.3 Å². The molecule has 0 atom stereocenters. The van der Waals surface area contributed by atoms with Gasteiger partial charge < -0.3 is 10.1 Å². The molecule has 1 amide bonds. The standard InChI is InChI=1S/C26H35N3O3S/c1-18(2)32-26(31)24-21-6-4-5-7-22(21)33-25(24)27-23(30)17-29-14-12-28(13-15-29)16-20-10-8-19(3)9-11-20/h8-11,18H,4-7,12-17H2,1-3H3,(H,27,30). The molecule has 2 aromatic rings. The molecule has 0 saturated carbocycles. The Morgan fingerprint density at radius 2 is 1.70 bits per heavy atom. The Labute approximate surface area is 200 Å². The van der Waals surface area contributed by atoms with Gasteiger partial charge in [-0.15, -0.1) is 11.3 Å². The van der Waals surface area contributed by atoms with E-state index in [1.807, 2.05) is 13.8 Å². The molecule has 0 bridgehead atoms. The van der Waals surface area contributed by atoms with Crippen molar-refractivity contribution < 1.29 is 14.3 Å². The number of aryl methyl sites for hydroxylation is 2. The van der Waals surface area contributed by atoms with Gasteiger partial charge in [-0.2, -0.15) is 0 Å². The van der Waals surface area contributed by atoms with Crippen molar-refractivity contribution in [3.05, 3.63) is 51.4 Å². The zero-order valence-electron chi connectivity index (χ0n) is 20.0. The number of carbonyl (C=O) groups excluding carboxylic acids is 2. The molecule has 33 heavy (non-hydrogen) atoms. The molecule has 1 aromatic carbocycles. The highest BCUT2D eigenvalue weighted by Crippen LogP contribution is 2.38. The smallest absolute Gasteiger partial charge is 0.341 e. The van der Waals surface area contributed by atoms with Crippen molar-refractivity contribution in [2.24, 2.45) is 0 Å². The minimum atomic E-state index is -0.315. The fraction of sp³-hybridized carbons (Fsp3) is 0.538. The lowest BCUT2D eigenvalue weighted by Gasteiger charge is -2.34. The molecule has 0 unspecified atom stereocenters. The van der Waals surface area contributed by atoms with Gasteiger partial charge in [0.05, 0.1) is 18.2 Å². The number of fused-ring (bicyclic) bond motifs is 1. The van der Waals surface area contributed by atoms with E-state index in [4.69, 9.17) is 4.74 Å². The van der Waals surface area contributed by atoms with Crippen LogP contribution in [0.25, 0.3) is 0 Å². The van der Waals surface area contributed by atoms with Crippen molar-refractivity contribution in [1.29, 1.82) is 0 Å². The number of nitrogens with zero attached hydrogens (tertiary/aromatic N) is 2. The number of ether oxygens (including phenoxy) is 1. The number of benzene rings is 1. The van der Waals surface area contributed by atoms with E-state index in [9.17, 15) is 9.59 Å². The molecule has 1 fully saturated rings. The summed E-state index contributed by atoms with van der Waals surface area (Å²) in [4.78, 5) is 31.5. The minimum absolute atomic E-state index is 0.0563. The number of thiophene rings is 1. The van der Waals surface area contributed by atoms with Crippen molar-refractivity contribution in [1.82, 2.24) is 9.80 Å². The van der Waals surface area contributed by atoms with Crippen LogP contribution >= 0.6 is 11.3 Å². The van der Waals surface area contributed by atoms with E-state index in [0.717, 1.165) is 64.0 Å². The highest BCUT2D eigenvalue weighted by molar-refractivity contribution is 7.17. The molecule has 1 aliphatic heterocycles. The van der Waals surface area contributed by atoms with Crippen molar-refractivity contribution in [2.45, 2.75) is 59.1 Å². The van der Waals surface area contributed by atoms with Gasteiger partial charge in [-0.1, -0.05) is 29.8 Å². The summed E-state index contributed by atoms with van der Waals surface area (Å²) in [7, 11) is 0. The molecule has 1 aliphatic carbocycles. The molecule has 1 aromatic heterocycles. The predicted molar refractivity (Wildman–Crippen MR) is 133 cm³/mol. The predicted octanol–water partition coefficient (Wildman–Crippen LogP) is 4.26. The summed E-state index contributed by atoms with van der Waals surface area (Å²) in [6.45, 7) is 10.7. The van der Waals surface area contributed by atoms with Crippen LogP contribution in [0.5, 0.6) is 0 Å². The maximum Gasteiger partial charge on any atom is 0.341 e. The van der Waals surface area contributed by atoms with Gasteiger partial charge in [0, 0.05) is 37.6 Å². The van der Waals surface area contributed by atoms with Gasteiger partial charge in [0.1, 0.15) is 5.00 Å². The third-order valence-electron chi connectivity index (χ3n) is 6.33. The third-order valence-corrected chi connectivity index (χ3v) is 7.54. The number of anilines is 1. The van der Waals surface area contributed by atoms with Crippen molar-refractivity contribution in [3.63, 3.8) is 0 Å². The van der Waals surface area contributed by atoms with Gasteiger partial charge in [0.25, 0.3) is 0 Å². The summed E-state index contributed by atoms with van der Waals surface area (Å²) in [5, 5.41) is 3.71. The number of nitrogens with one attached hydrogen (secondary N) is 1. The molecule has 178 valence electrons. The Hall–Kier alpha value is -2.22. The Morgan fingerprint density at radius 1 is 1.03 bits per heavy atom. The van der Waals surface area contributed by atoms with Crippen LogP contribution in [-0.4, -0.2) is 60.5 Å². The molecule has 0 radical (unpaired) electrons. The van der Waals surface area contributed by atoms with Gasteiger partial charge in [0.15, 0.2) is 0 Å². The van der Waals surface area contributed by atoms with Crippen LogP contribution in [0.4, 0.5) is 5.00 Å². The summed E-state index contributed by atoms with van der Waals surface area (Å²) in [6.07, 6.45) is 3.88. The van der Waals surface area contributed by atoms with Gasteiger partial charge in [-0.05, 0) is 57.6 Å². The zero-order valence-corrected chi connectivity index (χ0v) is 20.8. The van der Waals surface area contributed by atoms with Gasteiger partial charge in [-0.25, -0.2) is 4.79 Å². The van der Waals surface area contributed by atoms with Gasteiger partial charge >= 0.3 is 5.97 Å². The average molecular weight is 470 g/mol. The lowest BCUT2D eigenvalue weighted by molar-refractivity contribution is -0.117. The van der Waals surface area contributed by atoms with E-state index in [1.54, 1.807) is 11.3 Å². The van der Waals surface area contributed by atoms with Crippen molar-refractivity contribution in [2.75, 3.05) is 38.0 Å². The van der Waals surface area contributed by atoms with E-state index >= 15 is 0 Å². The number of hydrogen-bond donors (Lipinski definition) is 1. The molecule has 1 N–H and O–H groups in total. The molecule has 1 saturated heterocycles. The largest absolute Gasteiger partial charge is 0.459 e. The fourth-order valence-corrected chi connectivity index (χ4v) is 5.86. The average Bonchev–Trinajstić information content (AvgIpc) is 3.14. The SMILES string of the molecule is Cc1ccc(CN2CCN(CC(=O)Nc3sc4c(c3C(=O)OC(C)C)CCCC4)CC2)cc1. The van der Waals surface area contributed by atoms with E-state index in [1.165, 1.54) is 16.0 Å². The molecular weight excluding hydrogens is 434 g/mol. The van der Waals surface area contributed by atoms with Crippen LogP contribution in [0.3, 0.4) is 0 Å². The van der Waals surface area contributed by atoms with E-state index in [0.29, 0.717) is 17.1 Å². The Kier molecular flexibility index (Phi) is 7.83. The van der Waals surface area contributed by atoms with Crippen LogP contribution in [-0.2, 0) is 28.9 Å². The summed E-state index contributed by atoms with van der Waals surface area (Å²) < 4.78 is 5.50. The maximum atomic E-state index is 12.9. The minimum Gasteiger partial charge on any atom is -0.459 e. The van der Waals surface area contributed by atoms with Crippen molar-refractivity contribution in [3.8, 4) is 0 Å². The second kappa shape index (κ2) is 10.8. The van der Waals surface area contributed by atoms with E-state index < -0.39 is 0 Å². The Bertz CT molecular complexity index is 975. The summed E-state index contributed by atoms with van der Waals surface area (Å²) >= 11 is 1.55. The first-order valence-electron chi connectivity index (χ1n) is 12.0. The fourth-order valence-electron chi connectivity index (χ4n) is 4.57. The van der Waals surface area contributed by atoms with Crippen molar-refractivity contribution >= 4 is 28.2 Å². The monoisotopic (exact) mass is 469 g/mol. The number of esters is 1. The first-order valence-corrected chi connectivity index (χ1v) is 12.9. The highest BCUT2D eigenvalue weighted by Gasteiger charge is 2.28. The van der Waals surface area contributed by atoms with E-state index in [-0.39, 0.29) is 18.0 Å². The molecule has 2 heterocycles. The summed E-state index contributed by atoms with van der Waals surface area (Å²) in [5.41, 5.74) is 4.27. The molecule has 2 aliphatic rings. The normalized spacial score (nSPS) is 17.1. The number of hydrogen-bond acceptors (Lipinski definition) is 6. The number of carbonyl (C=O) groups is 2. The molecule has 6 nitrogen and oxygen atoms in total. The lowest BCUT2D eigenvalue weighted by Crippen LogP contribution is -2.48. The topological polar surface area (TPSA) is 61.9 Å². The molecule has 7 heteroatoms. The number of rotatable bonds is 7. The second-order valence-electron chi connectivity index (χ2n) is 9.46. The third kappa shape index (κ3) is 6.22. The second-order valence-corrected chi connectivity index (χ2v) is 10.6. The van der Waals surface area contributed by atoms with Crippen LogP contribution in [0, 0.1) is 6.92 Å². The maximum absolute atomic E-state index is 12.9. The summed E-state index contributed by atoms with van der Waals surface area (Å²) in [6, 6.07) is 8.70. The first-order chi connectivity index (χ1) is 15.9. The Balaban J connectivity index is 1.33. The van der Waals surface area contributed by atoms with Crippen LogP contribution in [0.2, 0.25) is 0 Å². The van der Waals surface area contributed by atoms with Crippen LogP contribution < -0.4 is 5.32 Å². The Morgan fingerprint density at radius 3 is 2.39 bits per heavy atom. The van der Waals surface area contributed by atoms with Crippen LogP contribution in [0.1, 0.15) is 58.6 Å². The number of piperazine rings is 1. The first kappa shape index (κ1) is 23.9. The lowest BCUT2D eigenvalue weighted by atomic mass is 9.95. The summed E-state index contributed by atoms with van der Waals surface area (Å²) in [5.74, 6) is -0.372. The zero-order chi connectivity index (χ0) is 23.4. The quantitative estimate of drug-likeness (QED) is 0.614.